The van der Waals surface area contributed by atoms with Crippen molar-refractivity contribution in [3.8, 4) is 56.6 Å². The van der Waals surface area contributed by atoms with E-state index in [4.69, 9.17) is 9.72 Å². The Labute approximate surface area is 423 Å². The van der Waals surface area contributed by atoms with Crippen LogP contribution in [0.15, 0.2) is 225 Å². The molecule has 0 aliphatic heterocycles. The third-order valence-electron chi connectivity index (χ3n) is 13.7. The van der Waals surface area contributed by atoms with Gasteiger partial charge in [0.25, 0.3) is 0 Å². The van der Waals surface area contributed by atoms with E-state index in [0.29, 0.717) is 11.5 Å². The molecular weight excluding hydrogens is 1050 g/mol. The summed E-state index contributed by atoms with van der Waals surface area (Å²) in [4.78, 5) is 5.40. The van der Waals surface area contributed by atoms with Crippen LogP contribution in [-0.2, 0) is 21.1 Å². The van der Waals surface area contributed by atoms with Crippen LogP contribution in [0.3, 0.4) is 0 Å². The second-order valence-corrected chi connectivity index (χ2v) is 17.7. The van der Waals surface area contributed by atoms with Crippen molar-refractivity contribution in [3.63, 3.8) is 0 Å². The van der Waals surface area contributed by atoms with E-state index >= 15 is 0 Å². The number of aromatic nitrogens is 6. The van der Waals surface area contributed by atoms with Gasteiger partial charge in [-0.05, 0) is 77.7 Å². The van der Waals surface area contributed by atoms with Gasteiger partial charge in [0.05, 0.1) is 39.6 Å². The van der Waals surface area contributed by atoms with Crippen LogP contribution in [0.1, 0.15) is 5.56 Å². The molecule has 0 aliphatic carbocycles. The minimum Gasteiger partial charge on any atom is -0.509 e. The third-order valence-corrected chi connectivity index (χ3v) is 13.7. The van der Waals surface area contributed by atoms with E-state index in [1.165, 1.54) is 21.5 Å². The van der Waals surface area contributed by atoms with E-state index in [9.17, 15) is 0 Å². The van der Waals surface area contributed by atoms with Crippen molar-refractivity contribution in [2.75, 3.05) is 0 Å². The molecule has 0 N–H and O–H groups in total. The van der Waals surface area contributed by atoms with Crippen molar-refractivity contribution in [3.05, 3.63) is 243 Å². The molecule has 0 saturated heterocycles. The number of ether oxygens (including phenoxy) is 1. The van der Waals surface area contributed by atoms with Crippen LogP contribution in [0.2, 0.25) is 0 Å². The zero-order valence-electron chi connectivity index (χ0n) is 38.3. The van der Waals surface area contributed by atoms with Gasteiger partial charge < -0.3 is 18.4 Å². The molecule has 0 atom stereocenters. The van der Waals surface area contributed by atoms with Crippen molar-refractivity contribution >= 4 is 65.4 Å². The SMILES string of the molecule is Cc1cc(-n2c3[c-]c(Oc4[c-]c(-n5cc(-c6ccccc6)cn5)ccc4)ccc3c3ccccc32)ncc1-c1c(-n2c3ccccc3c3ccccc32)cccc1-n1c2ccccc2c2ccccc21.[Pt+2]. The van der Waals surface area contributed by atoms with Gasteiger partial charge in [-0.15, -0.1) is 35.7 Å². The number of para-hydroxylation sites is 5. The Morgan fingerprint density at radius 1 is 0.437 bits per heavy atom. The molecule has 5 aromatic heterocycles. The van der Waals surface area contributed by atoms with Crippen LogP contribution in [0, 0.1) is 19.1 Å². The predicted octanol–water partition coefficient (Wildman–Crippen LogP) is 15.6. The summed E-state index contributed by atoms with van der Waals surface area (Å²) in [5.74, 6) is 1.92. The standard InChI is InChI=1S/C63H40N6O.Pt/c1-41-35-62(69-58-30-14-9-25-51(58)52-34-33-46(37-61(52)69)70-45-20-15-19-44(36-45)66-40-43(38-65-66)42-17-3-2-4-18-42)64-39-53(41)63-59(67-54-26-10-5-21-47(54)48-22-6-11-27-55(48)67)31-16-32-60(63)68-56-28-12-7-23-49(56)50-24-8-13-29-57(50)68;/h2-35,38-40H,1H3;/q-2;+2. The molecule has 0 fully saturated rings. The molecule has 0 spiro atoms. The zero-order chi connectivity index (χ0) is 46.3. The van der Waals surface area contributed by atoms with Gasteiger partial charge in [0.1, 0.15) is 5.82 Å². The fourth-order valence-corrected chi connectivity index (χ4v) is 10.6. The second-order valence-electron chi connectivity index (χ2n) is 17.7. The molecule has 5 heterocycles. The van der Waals surface area contributed by atoms with E-state index in [1.54, 1.807) is 0 Å². The molecule has 338 valence electrons. The first kappa shape index (κ1) is 42.3. The first-order chi connectivity index (χ1) is 34.6. The zero-order valence-corrected chi connectivity index (χ0v) is 40.5. The minimum atomic E-state index is 0. The maximum Gasteiger partial charge on any atom is 2.00 e. The molecule has 71 heavy (non-hydrogen) atoms. The number of rotatable bonds is 8. The Morgan fingerprint density at radius 3 is 1.52 bits per heavy atom. The summed E-state index contributed by atoms with van der Waals surface area (Å²) in [5.41, 5.74) is 14.7. The molecule has 0 saturated carbocycles. The topological polar surface area (TPSA) is 54.7 Å². The summed E-state index contributed by atoms with van der Waals surface area (Å²) in [6.45, 7) is 2.20. The number of nitrogens with zero attached hydrogens (tertiary/aromatic N) is 6. The minimum absolute atomic E-state index is 0. The van der Waals surface area contributed by atoms with Crippen molar-refractivity contribution < 1.29 is 25.8 Å². The van der Waals surface area contributed by atoms with Gasteiger partial charge in [0, 0.05) is 67.6 Å². The third kappa shape index (κ3) is 6.84. The largest absolute Gasteiger partial charge is 2.00 e. The summed E-state index contributed by atoms with van der Waals surface area (Å²) in [6, 6.07) is 79.5. The number of hydrogen-bond acceptors (Lipinski definition) is 3. The van der Waals surface area contributed by atoms with Crippen molar-refractivity contribution in [1.29, 1.82) is 0 Å². The van der Waals surface area contributed by atoms with Crippen LogP contribution in [0.5, 0.6) is 11.5 Å². The molecule has 0 unspecified atom stereocenters. The van der Waals surface area contributed by atoms with Crippen LogP contribution >= 0.6 is 0 Å². The maximum absolute atomic E-state index is 6.56. The summed E-state index contributed by atoms with van der Waals surface area (Å²) >= 11 is 0. The molecule has 14 aromatic rings. The van der Waals surface area contributed by atoms with E-state index in [1.807, 2.05) is 59.5 Å². The number of aryl methyl sites for hydroxylation is 1. The Kier molecular flexibility index (Phi) is 10.2. The average Bonchev–Trinajstić information content (AvgIpc) is 4.20. The number of pyridine rings is 1. The van der Waals surface area contributed by atoms with Crippen molar-refractivity contribution in [2.24, 2.45) is 0 Å². The molecule has 0 aliphatic rings. The molecule has 0 radical (unpaired) electrons. The monoisotopic (exact) mass is 1090 g/mol. The fraction of sp³-hybridized carbons (Fsp3) is 0.0159. The van der Waals surface area contributed by atoms with Gasteiger partial charge in [-0.1, -0.05) is 133 Å². The average molecular weight is 1090 g/mol. The van der Waals surface area contributed by atoms with E-state index in [-0.39, 0.29) is 21.1 Å². The Balaban J connectivity index is 0.00000492. The first-order valence-corrected chi connectivity index (χ1v) is 23.5. The van der Waals surface area contributed by atoms with Gasteiger partial charge in [0.2, 0.25) is 0 Å². The Hall–Kier alpha value is -8.77. The number of benzene rings is 9. The smallest absolute Gasteiger partial charge is 0.509 e. The summed E-state index contributed by atoms with van der Waals surface area (Å²) < 4.78 is 15.4. The quantitative estimate of drug-likeness (QED) is 0.143. The van der Waals surface area contributed by atoms with Gasteiger partial charge in [-0.25, -0.2) is 4.98 Å². The van der Waals surface area contributed by atoms with E-state index < -0.39 is 0 Å². The molecule has 0 amide bonds. The summed E-state index contributed by atoms with van der Waals surface area (Å²) in [5, 5.41) is 11.7. The molecule has 8 heteroatoms. The van der Waals surface area contributed by atoms with Crippen LogP contribution < -0.4 is 4.74 Å². The molecule has 0 bridgehead atoms. The summed E-state index contributed by atoms with van der Waals surface area (Å²) in [7, 11) is 0. The summed E-state index contributed by atoms with van der Waals surface area (Å²) in [6.07, 6.45) is 5.94. The Bertz CT molecular complexity index is 4130. The van der Waals surface area contributed by atoms with Gasteiger partial charge in [-0.2, -0.15) is 17.2 Å². The predicted molar refractivity (Wildman–Crippen MR) is 284 cm³/mol. The molecule has 9 aromatic carbocycles. The molecule has 14 rings (SSSR count). The Morgan fingerprint density at radius 2 is 0.944 bits per heavy atom. The van der Waals surface area contributed by atoms with Crippen LogP contribution in [0.4, 0.5) is 0 Å². The second kappa shape index (κ2) is 17.0. The van der Waals surface area contributed by atoms with Crippen molar-refractivity contribution in [1.82, 2.24) is 28.5 Å². The van der Waals surface area contributed by atoms with Crippen LogP contribution in [0.25, 0.3) is 111 Å². The van der Waals surface area contributed by atoms with Gasteiger partial charge >= 0.3 is 21.1 Å². The van der Waals surface area contributed by atoms with Gasteiger partial charge in [0.15, 0.2) is 0 Å². The maximum atomic E-state index is 6.56. The van der Waals surface area contributed by atoms with E-state index in [0.717, 1.165) is 94.6 Å². The fourth-order valence-electron chi connectivity index (χ4n) is 10.6. The first-order valence-electron chi connectivity index (χ1n) is 23.5. The number of hydrogen-bond donors (Lipinski definition) is 0. The molecular formula is C63H40N6OPt. The molecule has 7 nitrogen and oxygen atoms in total. The van der Waals surface area contributed by atoms with Crippen molar-refractivity contribution in [2.45, 2.75) is 6.92 Å². The van der Waals surface area contributed by atoms with E-state index in [2.05, 4.69) is 208 Å². The van der Waals surface area contributed by atoms with Crippen LogP contribution in [-0.4, -0.2) is 28.5 Å². The normalized spacial score (nSPS) is 11.6. The van der Waals surface area contributed by atoms with Gasteiger partial charge in [-0.3, -0.25) is 4.68 Å². The number of fused-ring (bicyclic) bond motifs is 9.